The molecule has 8 nitrogen and oxygen atoms in total. The molecule has 2 atom stereocenters. The lowest BCUT2D eigenvalue weighted by atomic mass is 9.77. The number of likely N-dealkylation sites (tertiary alicyclic amines) is 1. The monoisotopic (exact) mass is 468 g/mol. The fraction of sp³-hybridized carbons (Fsp3) is 0.654. The molecule has 1 fully saturated rings. The van der Waals surface area contributed by atoms with Gasteiger partial charge in [-0.3, -0.25) is 14.8 Å². The molecule has 1 amide bonds. The Morgan fingerprint density at radius 1 is 1.29 bits per heavy atom. The summed E-state index contributed by atoms with van der Waals surface area (Å²) in [7, 11) is 0. The number of hydrogen-bond acceptors (Lipinski definition) is 6. The maximum absolute atomic E-state index is 11.9. The minimum atomic E-state index is -0.480. The summed E-state index contributed by atoms with van der Waals surface area (Å²) in [6.07, 6.45) is 10.6. The van der Waals surface area contributed by atoms with Crippen molar-refractivity contribution in [2.24, 2.45) is 5.92 Å². The van der Waals surface area contributed by atoms with Crippen LogP contribution in [0.5, 0.6) is 0 Å². The van der Waals surface area contributed by atoms with Crippen molar-refractivity contribution in [2.45, 2.75) is 78.2 Å². The van der Waals surface area contributed by atoms with Gasteiger partial charge in [0, 0.05) is 32.0 Å². The van der Waals surface area contributed by atoms with Crippen LogP contribution in [0.15, 0.2) is 30.9 Å². The molecular weight excluding hydrogens is 428 g/mol. The second-order valence-corrected chi connectivity index (χ2v) is 10.6. The second-order valence-electron chi connectivity index (χ2n) is 10.6. The zero-order chi connectivity index (χ0) is 24.1. The minimum Gasteiger partial charge on any atom is -0.444 e. The zero-order valence-corrected chi connectivity index (χ0v) is 21.2. The summed E-state index contributed by atoms with van der Waals surface area (Å²) in [5, 5.41) is 2.84. The number of alkyl carbamates (subject to hydrolysis) is 1. The van der Waals surface area contributed by atoms with E-state index in [2.05, 4.69) is 44.9 Å². The molecule has 186 valence electrons. The van der Waals surface area contributed by atoms with Crippen molar-refractivity contribution in [3.63, 3.8) is 0 Å². The third kappa shape index (κ3) is 6.36. The summed E-state index contributed by atoms with van der Waals surface area (Å²) in [6.45, 7) is 12.6. The number of aryl methyl sites for hydroxylation is 1. The number of rotatable bonds is 8. The quantitative estimate of drug-likeness (QED) is 0.632. The molecule has 2 aliphatic rings. The molecular formula is C26H40N6O2. The number of nitrogens with zero attached hydrogens (tertiary/aromatic N) is 5. The normalized spacial score (nSPS) is 20.6. The number of fused-ring (bicyclic) bond motifs is 3. The lowest BCUT2D eigenvalue weighted by Crippen LogP contribution is -2.41. The summed E-state index contributed by atoms with van der Waals surface area (Å²) >= 11 is 0. The minimum absolute atomic E-state index is 0.368. The number of likely N-dealkylation sites (N-methyl/N-ethyl adjacent to an activating group) is 1. The molecule has 1 aliphatic carbocycles. The molecule has 34 heavy (non-hydrogen) atoms. The average molecular weight is 469 g/mol. The average Bonchev–Trinajstić information content (AvgIpc) is 3.23. The number of ether oxygens (including phenoxy) is 1. The summed E-state index contributed by atoms with van der Waals surface area (Å²) in [5.41, 5.74) is 3.32. The van der Waals surface area contributed by atoms with E-state index in [4.69, 9.17) is 14.7 Å². The SMILES string of the molecule is CCN(CCNC(=O)OC(C)(C)C)Cn1cnc(CN2CCCC3CCc4cccnc4C32)c1. The molecule has 2 aromatic heterocycles. The van der Waals surface area contributed by atoms with Crippen molar-refractivity contribution in [2.75, 3.05) is 26.2 Å². The summed E-state index contributed by atoms with van der Waals surface area (Å²) in [5.74, 6) is 0.700. The van der Waals surface area contributed by atoms with Crippen LogP contribution in [-0.2, 0) is 24.4 Å². The Labute approximate surface area is 203 Å². The third-order valence-electron chi connectivity index (χ3n) is 6.81. The summed E-state index contributed by atoms with van der Waals surface area (Å²) in [4.78, 5) is 26.3. The van der Waals surface area contributed by atoms with Gasteiger partial charge in [-0.2, -0.15) is 0 Å². The Morgan fingerprint density at radius 3 is 2.94 bits per heavy atom. The van der Waals surface area contributed by atoms with Gasteiger partial charge in [-0.25, -0.2) is 9.78 Å². The van der Waals surface area contributed by atoms with Crippen LogP contribution in [0.4, 0.5) is 4.79 Å². The Bertz CT molecular complexity index is 953. The van der Waals surface area contributed by atoms with Gasteiger partial charge in [-0.1, -0.05) is 13.0 Å². The number of imidazole rings is 1. The topological polar surface area (TPSA) is 75.5 Å². The number of carbonyl (C=O) groups excluding carboxylic acids is 1. The molecule has 4 rings (SSSR count). The van der Waals surface area contributed by atoms with Crippen molar-refractivity contribution >= 4 is 6.09 Å². The number of carbonyl (C=O) groups is 1. The van der Waals surface area contributed by atoms with Crippen molar-refractivity contribution in [3.8, 4) is 0 Å². The van der Waals surface area contributed by atoms with Crippen LogP contribution in [0.1, 0.15) is 70.0 Å². The van der Waals surface area contributed by atoms with Crippen LogP contribution in [0.2, 0.25) is 0 Å². The molecule has 1 N–H and O–H groups in total. The van der Waals surface area contributed by atoms with E-state index < -0.39 is 5.60 Å². The molecule has 0 bridgehead atoms. The fourth-order valence-corrected chi connectivity index (χ4v) is 5.26. The van der Waals surface area contributed by atoms with Crippen molar-refractivity contribution in [1.82, 2.24) is 29.7 Å². The number of pyridine rings is 1. The maximum atomic E-state index is 11.9. The molecule has 0 aromatic carbocycles. The van der Waals surface area contributed by atoms with Gasteiger partial charge in [0.1, 0.15) is 5.60 Å². The van der Waals surface area contributed by atoms with Gasteiger partial charge in [-0.05, 0) is 77.1 Å². The number of nitrogens with one attached hydrogen (secondary N) is 1. The highest BCUT2D eigenvalue weighted by Gasteiger charge is 2.37. The van der Waals surface area contributed by atoms with Gasteiger partial charge < -0.3 is 14.6 Å². The predicted molar refractivity (Wildman–Crippen MR) is 132 cm³/mol. The van der Waals surface area contributed by atoms with E-state index >= 15 is 0 Å². The second kappa shape index (κ2) is 10.9. The zero-order valence-electron chi connectivity index (χ0n) is 21.2. The molecule has 1 saturated heterocycles. The first-order chi connectivity index (χ1) is 16.3. The molecule has 0 spiro atoms. The van der Waals surface area contributed by atoms with Crippen molar-refractivity contribution < 1.29 is 9.53 Å². The lowest BCUT2D eigenvalue weighted by molar-refractivity contribution is 0.0520. The van der Waals surface area contributed by atoms with E-state index in [9.17, 15) is 4.79 Å². The van der Waals surface area contributed by atoms with Crippen molar-refractivity contribution in [3.05, 3.63) is 47.8 Å². The number of aromatic nitrogens is 3. The van der Waals surface area contributed by atoms with Crippen LogP contribution < -0.4 is 5.32 Å². The van der Waals surface area contributed by atoms with E-state index in [1.54, 1.807) is 0 Å². The smallest absolute Gasteiger partial charge is 0.407 e. The van der Waals surface area contributed by atoms with E-state index in [-0.39, 0.29) is 6.09 Å². The highest BCUT2D eigenvalue weighted by Crippen LogP contribution is 2.43. The molecule has 8 heteroatoms. The third-order valence-corrected chi connectivity index (χ3v) is 6.81. The van der Waals surface area contributed by atoms with Crippen LogP contribution in [0, 0.1) is 5.92 Å². The Morgan fingerprint density at radius 2 is 2.15 bits per heavy atom. The molecule has 0 saturated carbocycles. The first-order valence-electron chi connectivity index (χ1n) is 12.7. The highest BCUT2D eigenvalue weighted by atomic mass is 16.6. The Hall–Kier alpha value is -2.45. The van der Waals surface area contributed by atoms with Crippen LogP contribution in [-0.4, -0.2) is 62.2 Å². The van der Waals surface area contributed by atoms with Crippen molar-refractivity contribution in [1.29, 1.82) is 0 Å². The van der Waals surface area contributed by atoms with Gasteiger partial charge in [0.2, 0.25) is 0 Å². The summed E-state index contributed by atoms with van der Waals surface area (Å²) in [6, 6.07) is 4.73. The lowest BCUT2D eigenvalue weighted by Gasteiger charge is -2.44. The van der Waals surface area contributed by atoms with Gasteiger partial charge in [0.25, 0.3) is 0 Å². The Kier molecular flexibility index (Phi) is 7.88. The fourth-order valence-electron chi connectivity index (χ4n) is 5.26. The Balaban J connectivity index is 1.32. The number of piperidine rings is 1. The summed E-state index contributed by atoms with van der Waals surface area (Å²) < 4.78 is 7.45. The molecule has 2 unspecified atom stereocenters. The van der Waals surface area contributed by atoms with E-state index in [1.165, 1.54) is 30.5 Å². The molecule has 1 aliphatic heterocycles. The van der Waals surface area contributed by atoms with E-state index in [1.807, 2.05) is 33.3 Å². The van der Waals surface area contributed by atoms with Gasteiger partial charge in [0.15, 0.2) is 0 Å². The first kappa shape index (κ1) is 24.7. The molecule has 3 heterocycles. The molecule has 2 aromatic rings. The number of hydrogen-bond donors (Lipinski definition) is 1. The molecule has 0 radical (unpaired) electrons. The largest absolute Gasteiger partial charge is 0.444 e. The van der Waals surface area contributed by atoms with Gasteiger partial charge in [0.05, 0.1) is 30.4 Å². The van der Waals surface area contributed by atoms with Crippen LogP contribution in [0.3, 0.4) is 0 Å². The first-order valence-corrected chi connectivity index (χ1v) is 12.7. The van der Waals surface area contributed by atoms with Gasteiger partial charge in [-0.15, -0.1) is 0 Å². The van der Waals surface area contributed by atoms with Gasteiger partial charge >= 0.3 is 6.09 Å². The van der Waals surface area contributed by atoms with E-state index in [0.717, 1.165) is 45.0 Å². The highest BCUT2D eigenvalue weighted by molar-refractivity contribution is 5.67. The maximum Gasteiger partial charge on any atom is 0.407 e. The number of amides is 1. The predicted octanol–water partition coefficient (Wildman–Crippen LogP) is 3.98. The standard InChI is InChI=1S/C26H40N6O2/c1-5-30(15-13-28-25(33)34-26(2,3)4)19-31-16-22(29-18-31)17-32-14-7-9-21-11-10-20-8-6-12-27-23(20)24(21)32/h6,8,12,16,18,21,24H,5,7,9-11,13-15,17,19H2,1-4H3,(H,28,33). The van der Waals surface area contributed by atoms with Crippen LogP contribution in [0.25, 0.3) is 0 Å². The van der Waals surface area contributed by atoms with E-state index in [0.29, 0.717) is 18.5 Å². The van der Waals surface area contributed by atoms with Crippen LogP contribution >= 0.6 is 0 Å².